The number of hydrogen-bond donors (Lipinski definition) is 1. The van der Waals surface area contributed by atoms with Crippen LogP contribution in [0.3, 0.4) is 0 Å². The van der Waals surface area contributed by atoms with E-state index in [4.69, 9.17) is 5.11 Å². The molecule has 0 saturated carbocycles. The van der Waals surface area contributed by atoms with Crippen LogP contribution >= 0.6 is 0 Å². The van der Waals surface area contributed by atoms with Crippen LogP contribution in [-0.2, 0) is 0 Å². The van der Waals surface area contributed by atoms with Gasteiger partial charge in [-0.25, -0.2) is 4.79 Å². The van der Waals surface area contributed by atoms with Gasteiger partial charge in [-0.05, 0) is 19.1 Å². The highest BCUT2D eigenvalue weighted by Gasteiger charge is 2.11. The highest BCUT2D eigenvalue weighted by atomic mass is 16.4. The van der Waals surface area contributed by atoms with Crippen LogP contribution < -0.4 is 4.90 Å². The van der Waals surface area contributed by atoms with E-state index >= 15 is 0 Å². The van der Waals surface area contributed by atoms with Crippen molar-refractivity contribution in [3.8, 4) is 0 Å². The van der Waals surface area contributed by atoms with Crippen molar-refractivity contribution in [2.45, 2.75) is 6.92 Å². The number of benzene rings is 1. The first-order valence-electron chi connectivity index (χ1n) is 4.70. The molecule has 0 aromatic heterocycles. The summed E-state index contributed by atoms with van der Waals surface area (Å²) in [4.78, 5) is 12.8. The van der Waals surface area contributed by atoms with E-state index in [1.54, 1.807) is 18.2 Å². The molecule has 0 saturated heterocycles. The molecule has 3 nitrogen and oxygen atoms in total. The Bertz CT molecular complexity index is 385. The molecule has 3 heteroatoms. The Morgan fingerprint density at radius 3 is 2.60 bits per heavy atom. The van der Waals surface area contributed by atoms with Crippen molar-refractivity contribution >= 4 is 11.7 Å². The molecule has 80 valence electrons. The zero-order valence-electron chi connectivity index (χ0n) is 9.03. The standard InChI is InChI=1S/C12H15NO2/c1-9(2)8-13(3)11-7-5-4-6-10(11)12(14)15/h4-7H,1,8H2,2-3H3,(H,14,15). The Kier molecular flexibility index (Phi) is 3.50. The topological polar surface area (TPSA) is 40.5 Å². The Morgan fingerprint density at radius 2 is 2.07 bits per heavy atom. The molecule has 0 heterocycles. The molecule has 0 fully saturated rings. The zero-order valence-corrected chi connectivity index (χ0v) is 9.03. The van der Waals surface area contributed by atoms with E-state index in [2.05, 4.69) is 6.58 Å². The molecule has 1 N–H and O–H groups in total. The average molecular weight is 205 g/mol. The molecule has 1 rings (SSSR count). The van der Waals surface area contributed by atoms with Crippen molar-refractivity contribution in [2.75, 3.05) is 18.5 Å². The number of carbonyl (C=O) groups is 1. The van der Waals surface area contributed by atoms with Gasteiger partial charge in [0.2, 0.25) is 0 Å². The van der Waals surface area contributed by atoms with Gasteiger partial charge in [0, 0.05) is 13.6 Å². The number of likely N-dealkylation sites (N-methyl/N-ethyl adjacent to an activating group) is 1. The summed E-state index contributed by atoms with van der Waals surface area (Å²) < 4.78 is 0. The second-order valence-electron chi connectivity index (χ2n) is 3.64. The number of carboxylic acid groups (broad SMARTS) is 1. The number of carboxylic acids is 1. The van der Waals surface area contributed by atoms with Gasteiger partial charge in [0.05, 0.1) is 11.3 Å². The zero-order chi connectivity index (χ0) is 11.4. The van der Waals surface area contributed by atoms with Crippen molar-refractivity contribution in [2.24, 2.45) is 0 Å². The maximum Gasteiger partial charge on any atom is 0.337 e. The highest BCUT2D eigenvalue weighted by Crippen LogP contribution is 2.19. The van der Waals surface area contributed by atoms with E-state index in [0.717, 1.165) is 5.57 Å². The lowest BCUT2D eigenvalue weighted by Gasteiger charge is -2.21. The van der Waals surface area contributed by atoms with Gasteiger partial charge in [0.1, 0.15) is 0 Å². The monoisotopic (exact) mass is 205 g/mol. The maximum absolute atomic E-state index is 11.0. The number of hydrogen-bond acceptors (Lipinski definition) is 2. The maximum atomic E-state index is 11.0. The number of rotatable bonds is 4. The molecule has 0 aliphatic rings. The van der Waals surface area contributed by atoms with E-state index in [9.17, 15) is 4.79 Å². The summed E-state index contributed by atoms with van der Waals surface area (Å²) in [7, 11) is 1.86. The van der Waals surface area contributed by atoms with Gasteiger partial charge in [-0.1, -0.05) is 24.3 Å². The van der Waals surface area contributed by atoms with Crippen LogP contribution in [0.5, 0.6) is 0 Å². The first kappa shape index (κ1) is 11.3. The molecule has 0 amide bonds. The fraction of sp³-hybridized carbons (Fsp3) is 0.250. The van der Waals surface area contributed by atoms with E-state index in [1.807, 2.05) is 24.9 Å². The van der Waals surface area contributed by atoms with Crippen LogP contribution in [0.4, 0.5) is 5.69 Å². The molecule has 0 atom stereocenters. The largest absolute Gasteiger partial charge is 0.478 e. The van der Waals surface area contributed by atoms with Crippen LogP contribution in [0.2, 0.25) is 0 Å². The second kappa shape index (κ2) is 4.64. The van der Waals surface area contributed by atoms with Gasteiger partial charge in [0.25, 0.3) is 0 Å². The SMILES string of the molecule is C=C(C)CN(C)c1ccccc1C(=O)O. The van der Waals surface area contributed by atoms with E-state index in [-0.39, 0.29) is 0 Å². The molecule has 0 spiro atoms. The fourth-order valence-electron chi connectivity index (χ4n) is 1.48. The number of nitrogens with zero attached hydrogens (tertiary/aromatic N) is 1. The van der Waals surface area contributed by atoms with Gasteiger partial charge in [-0.2, -0.15) is 0 Å². The molecule has 15 heavy (non-hydrogen) atoms. The van der Waals surface area contributed by atoms with Crippen LogP contribution in [0.1, 0.15) is 17.3 Å². The van der Waals surface area contributed by atoms with Crippen molar-refractivity contribution in [1.29, 1.82) is 0 Å². The Morgan fingerprint density at radius 1 is 1.47 bits per heavy atom. The normalized spacial score (nSPS) is 9.73. The smallest absolute Gasteiger partial charge is 0.337 e. The third-order valence-electron chi connectivity index (χ3n) is 2.05. The predicted molar refractivity (Wildman–Crippen MR) is 61.5 cm³/mol. The summed E-state index contributed by atoms with van der Waals surface area (Å²) in [6.07, 6.45) is 0. The van der Waals surface area contributed by atoms with Crippen LogP contribution in [0, 0.1) is 0 Å². The third-order valence-corrected chi connectivity index (χ3v) is 2.05. The predicted octanol–water partition coefficient (Wildman–Crippen LogP) is 2.40. The first-order valence-corrected chi connectivity index (χ1v) is 4.70. The van der Waals surface area contributed by atoms with Crippen molar-refractivity contribution in [3.63, 3.8) is 0 Å². The lowest BCUT2D eigenvalue weighted by Crippen LogP contribution is -2.21. The first-order chi connectivity index (χ1) is 7.02. The molecule has 0 aliphatic carbocycles. The van der Waals surface area contributed by atoms with E-state index in [0.29, 0.717) is 17.8 Å². The second-order valence-corrected chi connectivity index (χ2v) is 3.64. The summed E-state index contributed by atoms with van der Waals surface area (Å²) >= 11 is 0. The number of para-hydroxylation sites is 1. The van der Waals surface area contributed by atoms with Gasteiger partial charge < -0.3 is 10.0 Å². The van der Waals surface area contributed by atoms with Crippen molar-refractivity contribution < 1.29 is 9.90 Å². The molecule has 0 bridgehead atoms. The number of aromatic carboxylic acids is 1. The van der Waals surface area contributed by atoms with Crippen LogP contribution in [-0.4, -0.2) is 24.7 Å². The Labute approximate surface area is 89.6 Å². The average Bonchev–Trinajstić information content (AvgIpc) is 2.16. The summed E-state index contributed by atoms with van der Waals surface area (Å²) in [5, 5.41) is 9.00. The van der Waals surface area contributed by atoms with Crippen molar-refractivity contribution in [1.82, 2.24) is 0 Å². The van der Waals surface area contributed by atoms with Crippen molar-refractivity contribution in [3.05, 3.63) is 42.0 Å². The summed E-state index contributed by atoms with van der Waals surface area (Å²) in [5.41, 5.74) is 2.03. The molecule has 0 aliphatic heterocycles. The molecular weight excluding hydrogens is 190 g/mol. The minimum Gasteiger partial charge on any atom is -0.478 e. The molecule has 0 unspecified atom stereocenters. The van der Waals surface area contributed by atoms with Gasteiger partial charge in [-0.15, -0.1) is 0 Å². The summed E-state index contributed by atoms with van der Waals surface area (Å²) in [5.74, 6) is -0.904. The van der Waals surface area contributed by atoms with Gasteiger partial charge >= 0.3 is 5.97 Å². The molecule has 1 aromatic carbocycles. The Balaban J connectivity index is 3.02. The van der Waals surface area contributed by atoms with Crippen LogP contribution in [0.15, 0.2) is 36.4 Å². The lowest BCUT2D eigenvalue weighted by atomic mass is 10.1. The third kappa shape index (κ3) is 2.84. The van der Waals surface area contributed by atoms with E-state index in [1.165, 1.54) is 0 Å². The van der Waals surface area contributed by atoms with E-state index < -0.39 is 5.97 Å². The van der Waals surface area contributed by atoms with Crippen LogP contribution in [0.25, 0.3) is 0 Å². The highest BCUT2D eigenvalue weighted by molar-refractivity contribution is 5.94. The number of anilines is 1. The molecule has 1 aromatic rings. The molecular formula is C12H15NO2. The lowest BCUT2D eigenvalue weighted by molar-refractivity contribution is 0.0697. The minimum atomic E-state index is -0.904. The minimum absolute atomic E-state index is 0.321. The Hall–Kier alpha value is -1.77. The van der Waals surface area contributed by atoms with Gasteiger partial charge in [0.15, 0.2) is 0 Å². The summed E-state index contributed by atoms with van der Waals surface area (Å²) in [6, 6.07) is 6.96. The molecule has 0 radical (unpaired) electrons. The van der Waals surface area contributed by atoms with Gasteiger partial charge in [-0.3, -0.25) is 0 Å². The quantitative estimate of drug-likeness (QED) is 0.767. The fourth-order valence-corrected chi connectivity index (χ4v) is 1.48. The summed E-state index contributed by atoms with van der Waals surface area (Å²) in [6.45, 7) is 6.38.